The number of rotatable bonds is 3. The zero-order valence-electron chi connectivity index (χ0n) is 11.9. The SMILES string of the molecule is c1ccc(-c2nc3ccccc3s2)c(CC2CCCN2)c1. The molecule has 1 saturated heterocycles. The minimum Gasteiger partial charge on any atom is -0.314 e. The van der Waals surface area contributed by atoms with Crippen LogP contribution in [0.15, 0.2) is 48.5 Å². The Balaban J connectivity index is 1.73. The molecule has 0 spiro atoms. The fraction of sp³-hybridized carbons (Fsp3) is 0.278. The van der Waals surface area contributed by atoms with E-state index in [0.29, 0.717) is 6.04 Å². The van der Waals surface area contributed by atoms with Gasteiger partial charge in [-0.05, 0) is 43.5 Å². The van der Waals surface area contributed by atoms with Crippen molar-refractivity contribution in [1.29, 1.82) is 0 Å². The number of aromatic nitrogens is 1. The minimum atomic E-state index is 0.625. The molecular weight excluding hydrogens is 276 g/mol. The second-order valence-corrected chi connectivity index (χ2v) is 6.67. The maximum Gasteiger partial charge on any atom is 0.124 e. The van der Waals surface area contributed by atoms with Crippen molar-refractivity contribution in [3.05, 3.63) is 54.1 Å². The summed E-state index contributed by atoms with van der Waals surface area (Å²) in [6, 6.07) is 17.7. The van der Waals surface area contributed by atoms with Gasteiger partial charge in [-0.25, -0.2) is 4.98 Å². The zero-order valence-corrected chi connectivity index (χ0v) is 12.7. The van der Waals surface area contributed by atoms with Crippen molar-refractivity contribution < 1.29 is 0 Å². The van der Waals surface area contributed by atoms with Gasteiger partial charge in [-0.1, -0.05) is 36.4 Å². The van der Waals surface area contributed by atoms with Gasteiger partial charge in [0.15, 0.2) is 0 Å². The molecule has 0 amide bonds. The van der Waals surface area contributed by atoms with Gasteiger partial charge in [0.25, 0.3) is 0 Å². The lowest BCUT2D eigenvalue weighted by Crippen LogP contribution is -2.23. The molecular formula is C18H18N2S. The zero-order chi connectivity index (χ0) is 14.1. The second-order valence-electron chi connectivity index (χ2n) is 5.64. The van der Waals surface area contributed by atoms with Crippen LogP contribution < -0.4 is 5.32 Å². The van der Waals surface area contributed by atoms with Gasteiger partial charge in [0.1, 0.15) is 5.01 Å². The predicted octanol–water partition coefficient (Wildman–Crippen LogP) is 4.26. The molecule has 3 aromatic rings. The Bertz CT molecular complexity index is 724. The van der Waals surface area contributed by atoms with E-state index in [1.807, 2.05) is 0 Å². The lowest BCUT2D eigenvalue weighted by molar-refractivity contribution is 0.603. The molecule has 1 fully saturated rings. The molecule has 2 nitrogen and oxygen atoms in total. The summed E-state index contributed by atoms with van der Waals surface area (Å²) in [7, 11) is 0. The van der Waals surface area contributed by atoms with Crippen molar-refractivity contribution in [3.8, 4) is 10.6 Å². The van der Waals surface area contributed by atoms with E-state index in [1.165, 1.54) is 28.7 Å². The molecule has 2 heterocycles. The maximum atomic E-state index is 4.82. The molecule has 1 unspecified atom stereocenters. The molecule has 0 aliphatic carbocycles. The highest BCUT2D eigenvalue weighted by molar-refractivity contribution is 7.21. The largest absolute Gasteiger partial charge is 0.314 e. The Morgan fingerprint density at radius 3 is 2.81 bits per heavy atom. The fourth-order valence-electron chi connectivity index (χ4n) is 3.09. The number of hydrogen-bond donors (Lipinski definition) is 1. The molecule has 1 aliphatic rings. The van der Waals surface area contributed by atoms with Crippen molar-refractivity contribution >= 4 is 21.6 Å². The highest BCUT2D eigenvalue weighted by Crippen LogP contribution is 2.32. The molecule has 1 atom stereocenters. The predicted molar refractivity (Wildman–Crippen MR) is 89.8 cm³/mol. The summed E-state index contributed by atoms with van der Waals surface area (Å²) in [5.74, 6) is 0. The number of hydrogen-bond acceptors (Lipinski definition) is 3. The number of fused-ring (bicyclic) bond motifs is 1. The van der Waals surface area contributed by atoms with E-state index in [1.54, 1.807) is 11.3 Å². The third kappa shape index (κ3) is 2.59. The Morgan fingerprint density at radius 1 is 1.10 bits per heavy atom. The number of thiazole rings is 1. The van der Waals surface area contributed by atoms with Gasteiger partial charge in [-0.15, -0.1) is 11.3 Å². The van der Waals surface area contributed by atoms with E-state index in [9.17, 15) is 0 Å². The van der Waals surface area contributed by atoms with E-state index >= 15 is 0 Å². The fourth-order valence-corrected chi connectivity index (χ4v) is 4.12. The Hall–Kier alpha value is -1.71. The molecule has 2 aromatic carbocycles. The second kappa shape index (κ2) is 5.58. The van der Waals surface area contributed by atoms with Crippen molar-refractivity contribution in [3.63, 3.8) is 0 Å². The molecule has 1 N–H and O–H groups in total. The highest BCUT2D eigenvalue weighted by Gasteiger charge is 2.17. The first kappa shape index (κ1) is 13.0. The molecule has 4 rings (SSSR count). The van der Waals surface area contributed by atoms with E-state index < -0.39 is 0 Å². The summed E-state index contributed by atoms with van der Waals surface area (Å²) in [6.07, 6.45) is 3.69. The molecule has 1 aliphatic heterocycles. The number of nitrogens with one attached hydrogen (secondary N) is 1. The van der Waals surface area contributed by atoms with Crippen molar-refractivity contribution in [1.82, 2.24) is 10.3 Å². The van der Waals surface area contributed by atoms with Gasteiger partial charge in [-0.2, -0.15) is 0 Å². The van der Waals surface area contributed by atoms with Crippen LogP contribution in [0.3, 0.4) is 0 Å². The van der Waals surface area contributed by atoms with Crippen LogP contribution in [0, 0.1) is 0 Å². The molecule has 21 heavy (non-hydrogen) atoms. The van der Waals surface area contributed by atoms with Gasteiger partial charge in [0, 0.05) is 11.6 Å². The topological polar surface area (TPSA) is 24.9 Å². The lowest BCUT2D eigenvalue weighted by atomic mass is 10.00. The Morgan fingerprint density at radius 2 is 1.95 bits per heavy atom. The standard InChI is InChI=1S/C18H18N2S/c1-2-8-15(13(6-1)12-14-7-5-11-19-14)18-20-16-9-3-4-10-17(16)21-18/h1-4,6,8-10,14,19H,5,7,11-12H2. The van der Waals surface area contributed by atoms with Crippen molar-refractivity contribution in [2.24, 2.45) is 0 Å². The van der Waals surface area contributed by atoms with E-state index in [-0.39, 0.29) is 0 Å². The maximum absolute atomic E-state index is 4.82. The first-order valence-corrected chi connectivity index (χ1v) is 8.39. The van der Waals surface area contributed by atoms with Crippen LogP contribution in [-0.2, 0) is 6.42 Å². The van der Waals surface area contributed by atoms with Gasteiger partial charge in [0.2, 0.25) is 0 Å². The summed E-state index contributed by atoms with van der Waals surface area (Å²) in [6.45, 7) is 1.16. The van der Waals surface area contributed by atoms with Crippen molar-refractivity contribution in [2.75, 3.05) is 6.54 Å². The van der Waals surface area contributed by atoms with Gasteiger partial charge in [-0.3, -0.25) is 0 Å². The molecule has 0 saturated carbocycles. The quantitative estimate of drug-likeness (QED) is 0.781. The normalized spacial score (nSPS) is 18.4. The monoisotopic (exact) mass is 294 g/mol. The third-order valence-corrected chi connectivity index (χ3v) is 5.24. The van der Waals surface area contributed by atoms with Crippen LogP contribution in [0.5, 0.6) is 0 Å². The molecule has 3 heteroatoms. The van der Waals surface area contributed by atoms with Gasteiger partial charge < -0.3 is 5.32 Å². The molecule has 0 radical (unpaired) electrons. The number of para-hydroxylation sites is 1. The summed E-state index contributed by atoms with van der Waals surface area (Å²) in [4.78, 5) is 4.82. The summed E-state index contributed by atoms with van der Waals surface area (Å²) in [5, 5.41) is 4.74. The average Bonchev–Trinajstić information content (AvgIpc) is 3.16. The number of nitrogens with zero attached hydrogens (tertiary/aromatic N) is 1. The smallest absolute Gasteiger partial charge is 0.124 e. The minimum absolute atomic E-state index is 0.625. The first-order valence-electron chi connectivity index (χ1n) is 7.57. The van der Waals surface area contributed by atoms with Crippen LogP contribution in [0.2, 0.25) is 0 Å². The van der Waals surface area contributed by atoms with Crippen molar-refractivity contribution in [2.45, 2.75) is 25.3 Å². The van der Waals surface area contributed by atoms with E-state index in [2.05, 4.69) is 53.8 Å². The Kier molecular flexibility index (Phi) is 3.45. The van der Waals surface area contributed by atoms with Gasteiger partial charge in [0.05, 0.1) is 10.2 Å². The highest BCUT2D eigenvalue weighted by atomic mass is 32.1. The third-order valence-electron chi connectivity index (χ3n) is 4.17. The van der Waals surface area contributed by atoms with Crippen LogP contribution in [-0.4, -0.2) is 17.6 Å². The lowest BCUT2D eigenvalue weighted by Gasteiger charge is -2.12. The van der Waals surface area contributed by atoms with Crippen LogP contribution >= 0.6 is 11.3 Å². The summed E-state index contributed by atoms with van der Waals surface area (Å²) in [5.41, 5.74) is 3.81. The summed E-state index contributed by atoms with van der Waals surface area (Å²) >= 11 is 1.79. The molecule has 0 bridgehead atoms. The van der Waals surface area contributed by atoms with Gasteiger partial charge >= 0.3 is 0 Å². The molecule has 1 aromatic heterocycles. The average molecular weight is 294 g/mol. The van der Waals surface area contributed by atoms with Crippen LogP contribution in [0.1, 0.15) is 18.4 Å². The van der Waals surface area contributed by atoms with E-state index in [0.717, 1.165) is 23.5 Å². The van der Waals surface area contributed by atoms with Crippen LogP contribution in [0.25, 0.3) is 20.8 Å². The summed E-state index contributed by atoms with van der Waals surface area (Å²) < 4.78 is 1.27. The number of benzene rings is 2. The van der Waals surface area contributed by atoms with Crippen LogP contribution in [0.4, 0.5) is 0 Å². The first-order chi connectivity index (χ1) is 10.4. The Labute approximate surface area is 128 Å². The van der Waals surface area contributed by atoms with E-state index in [4.69, 9.17) is 4.98 Å². The molecule has 106 valence electrons.